The second kappa shape index (κ2) is 5.18. The molecule has 0 atom stereocenters. The molecule has 0 amide bonds. The van der Waals surface area contributed by atoms with Crippen molar-refractivity contribution in [2.24, 2.45) is 12.0 Å². The molecule has 2 rings (SSSR count). The molecule has 1 N–H and O–H groups in total. The summed E-state index contributed by atoms with van der Waals surface area (Å²) in [6, 6.07) is 9.64. The smallest absolute Gasteiger partial charge is 0.308 e. The molecule has 0 fully saturated rings. The Kier molecular flexibility index (Phi) is 3.62. The number of carboxylic acid groups (broad SMARTS) is 1. The molecule has 0 unspecified atom stereocenters. The molecule has 1 heterocycles. The van der Waals surface area contributed by atoms with E-state index in [0.29, 0.717) is 0 Å². The molecular formula is C13H14N2O2S. The minimum Gasteiger partial charge on any atom is -0.481 e. The van der Waals surface area contributed by atoms with Crippen molar-refractivity contribution >= 4 is 23.0 Å². The lowest BCUT2D eigenvalue weighted by Gasteiger charge is -1.97. The summed E-state index contributed by atoms with van der Waals surface area (Å²) in [6.07, 6.45) is 0.0502. The number of aliphatic carboxylic acids is 1. The molecule has 4 nitrogen and oxygen atoms in total. The molecule has 0 saturated carbocycles. The highest BCUT2D eigenvalue weighted by Gasteiger charge is 2.10. The van der Waals surface area contributed by atoms with Crippen molar-refractivity contribution in [3.05, 3.63) is 45.7 Å². The minimum absolute atomic E-state index is 0.0502. The van der Waals surface area contributed by atoms with Crippen LogP contribution in [0.25, 0.3) is 0 Å². The molecular weight excluding hydrogens is 248 g/mol. The molecule has 0 radical (unpaired) electrons. The molecule has 1 aromatic carbocycles. The lowest BCUT2D eigenvalue weighted by atomic mass is 10.3. The van der Waals surface area contributed by atoms with Crippen molar-refractivity contribution in [3.8, 4) is 0 Å². The lowest BCUT2D eigenvalue weighted by molar-refractivity contribution is -0.136. The number of hydrogen-bond acceptors (Lipinski definition) is 3. The Bertz CT molecular complexity index is 626. The van der Waals surface area contributed by atoms with Gasteiger partial charge in [-0.2, -0.15) is 0 Å². The fourth-order valence-corrected chi connectivity index (χ4v) is 2.72. The molecule has 0 aliphatic carbocycles. The van der Waals surface area contributed by atoms with E-state index >= 15 is 0 Å². The van der Waals surface area contributed by atoms with E-state index in [1.54, 1.807) is 0 Å². The summed E-state index contributed by atoms with van der Waals surface area (Å²) in [6.45, 7) is 1.92. The minimum atomic E-state index is -0.814. The van der Waals surface area contributed by atoms with Crippen molar-refractivity contribution in [2.75, 3.05) is 0 Å². The summed E-state index contributed by atoms with van der Waals surface area (Å²) >= 11 is 1.42. The largest absolute Gasteiger partial charge is 0.481 e. The molecule has 0 aliphatic rings. The molecule has 1 aromatic heterocycles. The first kappa shape index (κ1) is 12.6. The Morgan fingerprint density at radius 1 is 1.39 bits per heavy atom. The van der Waals surface area contributed by atoms with Crippen LogP contribution >= 0.6 is 11.3 Å². The Labute approximate surface area is 109 Å². The van der Waals surface area contributed by atoms with Gasteiger partial charge >= 0.3 is 5.97 Å². The Balaban J connectivity index is 2.46. The fraction of sp³-hybridized carbons (Fsp3) is 0.231. The molecule has 0 saturated heterocycles. The van der Waals surface area contributed by atoms with Crippen LogP contribution in [0.2, 0.25) is 0 Å². The van der Waals surface area contributed by atoms with E-state index in [9.17, 15) is 4.79 Å². The highest BCUT2D eigenvalue weighted by molar-refractivity contribution is 7.09. The zero-order chi connectivity index (χ0) is 13.1. The molecule has 18 heavy (non-hydrogen) atoms. The average Bonchev–Trinajstić information content (AvgIpc) is 2.58. The number of para-hydroxylation sites is 1. The Morgan fingerprint density at radius 2 is 2.06 bits per heavy atom. The van der Waals surface area contributed by atoms with E-state index < -0.39 is 5.97 Å². The van der Waals surface area contributed by atoms with Crippen LogP contribution in [0.3, 0.4) is 0 Å². The number of hydrogen-bond donors (Lipinski definition) is 1. The molecule has 94 valence electrons. The van der Waals surface area contributed by atoms with Crippen LogP contribution in [0.1, 0.15) is 10.6 Å². The Morgan fingerprint density at radius 3 is 2.67 bits per heavy atom. The third kappa shape index (κ3) is 2.68. The highest BCUT2D eigenvalue weighted by atomic mass is 32.1. The molecule has 0 aliphatic heterocycles. The SMILES string of the molecule is Cc1c(CC(=O)O)sc(=Nc2ccccc2)n1C. The maximum atomic E-state index is 10.8. The van der Waals surface area contributed by atoms with Crippen molar-refractivity contribution < 1.29 is 9.90 Å². The first-order valence-corrected chi connectivity index (χ1v) is 6.36. The van der Waals surface area contributed by atoms with Gasteiger partial charge in [0.1, 0.15) is 0 Å². The molecule has 0 spiro atoms. The van der Waals surface area contributed by atoms with Gasteiger partial charge in [0.2, 0.25) is 0 Å². The third-order valence-corrected chi connectivity index (χ3v) is 3.93. The van der Waals surface area contributed by atoms with Gasteiger partial charge in [0, 0.05) is 17.6 Å². The summed E-state index contributed by atoms with van der Waals surface area (Å²) in [4.78, 5) is 16.9. The van der Waals surface area contributed by atoms with Crippen LogP contribution in [0.4, 0.5) is 5.69 Å². The monoisotopic (exact) mass is 262 g/mol. The fourth-order valence-electron chi connectivity index (χ4n) is 1.60. The van der Waals surface area contributed by atoms with Gasteiger partial charge in [-0.25, -0.2) is 4.99 Å². The van der Waals surface area contributed by atoms with Crippen LogP contribution in [0.15, 0.2) is 35.3 Å². The predicted molar refractivity (Wildman–Crippen MR) is 71.0 cm³/mol. The third-order valence-electron chi connectivity index (χ3n) is 2.70. The van der Waals surface area contributed by atoms with E-state index in [-0.39, 0.29) is 6.42 Å². The van der Waals surface area contributed by atoms with Gasteiger partial charge in [0.05, 0.1) is 12.1 Å². The predicted octanol–water partition coefficient (Wildman–Crippen LogP) is 2.25. The summed E-state index contributed by atoms with van der Waals surface area (Å²) < 4.78 is 1.93. The van der Waals surface area contributed by atoms with E-state index in [1.807, 2.05) is 48.9 Å². The molecule has 5 heteroatoms. The average molecular weight is 262 g/mol. The van der Waals surface area contributed by atoms with Crippen LogP contribution < -0.4 is 4.80 Å². The number of rotatable bonds is 3. The second-order valence-corrected chi connectivity index (χ2v) is 5.03. The number of nitrogens with zero attached hydrogens (tertiary/aromatic N) is 2. The maximum Gasteiger partial charge on any atom is 0.308 e. The zero-order valence-corrected chi connectivity index (χ0v) is 11.1. The number of aromatic nitrogens is 1. The van der Waals surface area contributed by atoms with Gasteiger partial charge in [-0.1, -0.05) is 18.2 Å². The number of benzene rings is 1. The van der Waals surface area contributed by atoms with Gasteiger partial charge in [0.15, 0.2) is 4.80 Å². The van der Waals surface area contributed by atoms with Gasteiger partial charge in [-0.15, -0.1) is 11.3 Å². The van der Waals surface area contributed by atoms with Crippen LogP contribution in [0, 0.1) is 6.92 Å². The van der Waals surface area contributed by atoms with Gasteiger partial charge in [0.25, 0.3) is 0 Å². The topological polar surface area (TPSA) is 54.6 Å². The van der Waals surface area contributed by atoms with Crippen molar-refractivity contribution in [1.29, 1.82) is 0 Å². The second-order valence-electron chi connectivity index (χ2n) is 3.97. The lowest BCUT2D eigenvalue weighted by Crippen LogP contribution is -2.11. The first-order valence-electron chi connectivity index (χ1n) is 5.55. The van der Waals surface area contributed by atoms with E-state index in [1.165, 1.54) is 11.3 Å². The zero-order valence-electron chi connectivity index (χ0n) is 10.3. The van der Waals surface area contributed by atoms with Crippen molar-refractivity contribution in [2.45, 2.75) is 13.3 Å². The molecule has 2 aromatic rings. The molecule has 0 bridgehead atoms. The van der Waals surface area contributed by atoms with E-state index in [2.05, 4.69) is 4.99 Å². The highest BCUT2D eigenvalue weighted by Crippen LogP contribution is 2.14. The van der Waals surface area contributed by atoms with E-state index in [0.717, 1.165) is 21.1 Å². The van der Waals surface area contributed by atoms with Gasteiger partial charge in [-0.3, -0.25) is 4.79 Å². The number of carboxylic acids is 1. The summed E-state index contributed by atoms with van der Waals surface area (Å²) in [7, 11) is 1.90. The van der Waals surface area contributed by atoms with Crippen LogP contribution in [-0.4, -0.2) is 15.6 Å². The number of thiazole rings is 1. The first-order chi connectivity index (χ1) is 8.58. The summed E-state index contributed by atoms with van der Waals surface area (Å²) in [5.74, 6) is -0.814. The maximum absolute atomic E-state index is 10.8. The number of carbonyl (C=O) groups is 1. The summed E-state index contributed by atoms with van der Waals surface area (Å²) in [5, 5.41) is 8.85. The normalized spacial score (nSPS) is 11.8. The summed E-state index contributed by atoms with van der Waals surface area (Å²) in [5.41, 5.74) is 1.83. The van der Waals surface area contributed by atoms with Crippen molar-refractivity contribution in [1.82, 2.24) is 4.57 Å². The van der Waals surface area contributed by atoms with Crippen LogP contribution in [-0.2, 0) is 18.3 Å². The van der Waals surface area contributed by atoms with Gasteiger partial charge in [-0.05, 0) is 19.1 Å². The standard InChI is InChI=1S/C13H14N2O2S/c1-9-11(8-12(16)17)18-13(15(9)2)14-10-6-4-3-5-7-10/h3-7H,8H2,1-2H3,(H,16,17). The van der Waals surface area contributed by atoms with Gasteiger partial charge < -0.3 is 9.67 Å². The van der Waals surface area contributed by atoms with Crippen LogP contribution in [0.5, 0.6) is 0 Å². The Hall–Kier alpha value is -1.88. The van der Waals surface area contributed by atoms with Crippen molar-refractivity contribution in [3.63, 3.8) is 0 Å². The quantitative estimate of drug-likeness (QED) is 0.922. The van der Waals surface area contributed by atoms with E-state index in [4.69, 9.17) is 5.11 Å².